The van der Waals surface area contributed by atoms with Gasteiger partial charge in [-0.15, -0.1) is 0 Å². The number of nitrogens with zero attached hydrogens (tertiary/aromatic N) is 2. The van der Waals surface area contributed by atoms with Crippen LogP contribution < -0.4 is 0 Å². The third kappa shape index (κ3) is 3.52. The van der Waals surface area contributed by atoms with Crippen LogP contribution in [0.4, 0.5) is 0 Å². The molecule has 0 amide bonds. The average Bonchev–Trinajstić information content (AvgIpc) is 2.17. The number of hydrogen-bond acceptors (Lipinski definition) is 2. The molecule has 0 atom stereocenters. The van der Waals surface area contributed by atoms with Gasteiger partial charge in [0.25, 0.3) is 0 Å². The molecule has 0 fully saturated rings. The topological polar surface area (TPSA) is 25.8 Å². The van der Waals surface area contributed by atoms with Crippen molar-refractivity contribution in [1.29, 1.82) is 0 Å². The lowest BCUT2D eigenvalue weighted by Crippen LogP contribution is -1.78. The normalized spacial score (nSPS) is 9.71. The number of pyridine rings is 2. The maximum Gasteiger partial charge on any atom is 0.0886 e. The van der Waals surface area contributed by atoms with Crippen LogP contribution in [0.2, 0.25) is 0 Å². The molecule has 0 radical (unpaired) electrons. The number of fused-ring (bicyclic) bond motifs is 1. The first-order valence-corrected chi connectivity index (χ1v) is 4.86. The summed E-state index contributed by atoms with van der Waals surface area (Å²) in [4.78, 5) is 8.24. The van der Waals surface area contributed by atoms with Crippen LogP contribution in [0.5, 0.6) is 0 Å². The van der Waals surface area contributed by atoms with Gasteiger partial charge < -0.3 is 0 Å². The summed E-state index contributed by atoms with van der Waals surface area (Å²) in [6, 6.07) is 7.66. The van der Waals surface area contributed by atoms with Crippen molar-refractivity contribution in [3.05, 3.63) is 36.7 Å². The SMILES string of the molecule is CC(C)C.c1cnc2cccnc2c1. The highest BCUT2D eigenvalue weighted by molar-refractivity contribution is 5.72. The zero-order chi connectivity index (χ0) is 10.4. The van der Waals surface area contributed by atoms with Crippen LogP contribution >= 0.6 is 0 Å². The second kappa shape index (κ2) is 5.32. The highest BCUT2D eigenvalue weighted by Gasteiger charge is 1.88. The molecule has 0 saturated carbocycles. The quantitative estimate of drug-likeness (QED) is 0.634. The molecule has 0 aliphatic heterocycles. The lowest BCUT2D eigenvalue weighted by atomic mass is 10.3. The first-order valence-electron chi connectivity index (χ1n) is 4.86. The smallest absolute Gasteiger partial charge is 0.0886 e. The molecule has 0 unspecified atom stereocenters. The molecular formula is C12H16N2. The van der Waals surface area contributed by atoms with E-state index in [-0.39, 0.29) is 0 Å². The van der Waals surface area contributed by atoms with Crippen molar-refractivity contribution >= 4 is 11.0 Å². The van der Waals surface area contributed by atoms with Crippen LogP contribution in [-0.2, 0) is 0 Å². The van der Waals surface area contributed by atoms with E-state index in [4.69, 9.17) is 0 Å². The molecule has 74 valence electrons. The van der Waals surface area contributed by atoms with E-state index in [9.17, 15) is 0 Å². The first-order chi connectivity index (χ1) is 6.70. The van der Waals surface area contributed by atoms with Crippen molar-refractivity contribution in [1.82, 2.24) is 9.97 Å². The van der Waals surface area contributed by atoms with Gasteiger partial charge >= 0.3 is 0 Å². The summed E-state index contributed by atoms with van der Waals surface area (Å²) < 4.78 is 0. The van der Waals surface area contributed by atoms with E-state index < -0.39 is 0 Å². The van der Waals surface area contributed by atoms with E-state index >= 15 is 0 Å². The Bertz CT molecular complexity index is 314. The predicted octanol–water partition coefficient (Wildman–Crippen LogP) is 3.29. The third-order valence-corrected chi connectivity index (χ3v) is 1.37. The highest BCUT2D eigenvalue weighted by atomic mass is 14.7. The molecule has 14 heavy (non-hydrogen) atoms. The minimum atomic E-state index is 0.833. The molecule has 0 aromatic carbocycles. The zero-order valence-corrected chi connectivity index (χ0v) is 8.94. The first kappa shape index (κ1) is 10.6. The van der Waals surface area contributed by atoms with Gasteiger partial charge in [0.05, 0.1) is 11.0 Å². The van der Waals surface area contributed by atoms with Gasteiger partial charge in [-0.2, -0.15) is 0 Å². The van der Waals surface area contributed by atoms with Gasteiger partial charge in [-0.1, -0.05) is 20.8 Å². The Morgan fingerprint density at radius 3 is 1.57 bits per heavy atom. The standard InChI is InChI=1S/C8H6N2.C4H10/c1-3-7-8(9-5-1)4-2-6-10-7;1-4(2)3/h1-6H;4H,1-3H3. The monoisotopic (exact) mass is 188 g/mol. The molecule has 0 N–H and O–H groups in total. The van der Waals surface area contributed by atoms with Gasteiger partial charge in [0.1, 0.15) is 0 Å². The number of aromatic nitrogens is 2. The molecule has 2 rings (SSSR count). The molecule has 0 bridgehead atoms. The predicted molar refractivity (Wildman–Crippen MR) is 60.1 cm³/mol. The van der Waals surface area contributed by atoms with Gasteiger partial charge in [-0.3, -0.25) is 9.97 Å². The van der Waals surface area contributed by atoms with Crippen LogP contribution in [0.25, 0.3) is 11.0 Å². The molecule has 2 heterocycles. The van der Waals surface area contributed by atoms with Gasteiger partial charge in [0.2, 0.25) is 0 Å². The molecule has 2 aromatic heterocycles. The molecule has 2 heteroatoms. The summed E-state index contributed by atoms with van der Waals surface area (Å²) in [7, 11) is 0. The molecule has 0 aliphatic carbocycles. The molecule has 0 saturated heterocycles. The summed E-state index contributed by atoms with van der Waals surface area (Å²) >= 11 is 0. The summed E-state index contributed by atoms with van der Waals surface area (Å²) in [5.74, 6) is 0.833. The minimum absolute atomic E-state index is 0.833. The van der Waals surface area contributed by atoms with Crippen molar-refractivity contribution in [2.75, 3.05) is 0 Å². The van der Waals surface area contributed by atoms with Crippen molar-refractivity contribution in [3.63, 3.8) is 0 Å². The molecular weight excluding hydrogens is 172 g/mol. The zero-order valence-electron chi connectivity index (χ0n) is 8.94. The van der Waals surface area contributed by atoms with Gasteiger partial charge in [0, 0.05) is 12.4 Å². The van der Waals surface area contributed by atoms with E-state index in [2.05, 4.69) is 30.7 Å². The Balaban J connectivity index is 0.000000213. The maximum absolute atomic E-state index is 4.12. The van der Waals surface area contributed by atoms with Gasteiger partial charge in [-0.25, -0.2) is 0 Å². The van der Waals surface area contributed by atoms with Crippen molar-refractivity contribution in [2.45, 2.75) is 20.8 Å². The van der Waals surface area contributed by atoms with E-state index in [1.807, 2.05) is 24.3 Å². The van der Waals surface area contributed by atoms with Gasteiger partial charge in [-0.05, 0) is 30.2 Å². The van der Waals surface area contributed by atoms with Crippen LogP contribution in [0.3, 0.4) is 0 Å². The minimum Gasteiger partial charge on any atom is -0.255 e. The fourth-order valence-electron chi connectivity index (χ4n) is 0.904. The molecule has 2 nitrogen and oxygen atoms in total. The summed E-state index contributed by atoms with van der Waals surface area (Å²) in [5.41, 5.74) is 1.90. The van der Waals surface area contributed by atoms with E-state index in [0.29, 0.717) is 0 Å². The Labute approximate surface area is 85.0 Å². The lowest BCUT2D eigenvalue weighted by molar-refractivity contribution is 0.737. The maximum atomic E-state index is 4.12. The highest BCUT2D eigenvalue weighted by Crippen LogP contribution is 2.04. The van der Waals surface area contributed by atoms with Crippen LogP contribution in [-0.4, -0.2) is 9.97 Å². The van der Waals surface area contributed by atoms with E-state index in [1.54, 1.807) is 12.4 Å². The van der Waals surface area contributed by atoms with Crippen molar-refractivity contribution in [3.8, 4) is 0 Å². The van der Waals surface area contributed by atoms with Crippen LogP contribution in [0.15, 0.2) is 36.7 Å². The van der Waals surface area contributed by atoms with Crippen LogP contribution in [0.1, 0.15) is 20.8 Å². The average molecular weight is 188 g/mol. The Morgan fingerprint density at radius 2 is 1.21 bits per heavy atom. The van der Waals surface area contributed by atoms with Crippen molar-refractivity contribution in [2.24, 2.45) is 5.92 Å². The van der Waals surface area contributed by atoms with E-state index in [0.717, 1.165) is 17.0 Å². The Morgan fingerprint density at radius 1 is 0.857 bits per heavy atom. The second-order valence-corrected chi connectivity index (χ2v) is 3.78. The van der Waals surface area contributed by atoms with Crippen LogP contribution in [0, 0.1) is 5.92 Å². The number of hydrogen-bond donors (Lipinski definition) is 0. The fraction of sp³-hybridized carbons (Fsp3) is 0.333. The second-order valence-electron chi connectivity index (χ2n) is 3.78. The summed E-state index contributed by atoms with van der Waals surface area (Å²) in [6.45, 7) is 6.50. The molecule has 0 spiro atoms. The largest absolute Gasteiger partial charge is 0.255 e. The Hall–Kier alpha value is -1.44. The third-order valence-electron chi connectivity index (χ3n) is 1.37. The Kier molecular flexibility index (Phi) is 4.05. The summed E-state index contributed by atoms with van der Waals surface area (Å²) in [5, 5.41) is 0. The lowest BCUT2D eigenvalue weighted by Gasteiger charge is -1.90. The molecule has 0 aliphatic rings. The van der Waals surface area contributed by atoms with Gasteiger partial charge in [0.15, 0.2) is 0 Å². The molecule has 2 aromatic rings. The van der Waals surface area contributed by atoms with E-state index in [1.165, 1.54) is 0 Å². The fourth-order valence-corrected chi connectivity index (χ4v) is 0.904. The number of rotatable bonds is 0. The summed E-state index contributed by atoms with van der Waals surface area (Å²) in [6.07, 6.45) is 3.54. The van der Waals surface area contributed by atoms with Crippen molar-refractivity contribution < 1.29 is 0 Å².